The van der Waals surface area contributed by atoms with Crippen molar-refractivity contribution >= 4 is 5.91 Å². The minimum absolute atomic E-state index is 0.127. The summed E-state index contributed by atoms with van der Waals surface area (Å²) in [6, 6.07) is 21.3. The van der Waals surface area contributed by atoms with Gasteiger partial charge in [-0.25, -0.2) is 0 Å². The highest BCUT2D eigenvalue weighted by Gasteiger charge is 2.31. The Balaban J connectivity index is 1.57. The fraction of sp³-hybridized carbons (Fsp3) is 0.182. The number of nitrogens with zero attached hydrogens (tertiary/aromatic N) is 1. The summed E-state index contributed by atoms with van der Waals surface area (Å²) < 4.78 is 5.83. The first kappa shape index (κ1) is 16.3. The summed E-state index contributed by atoms with van der Waals surface area (Å²) in [7, 11) is 0. The molecule has 1 aromatic heterocycles. The molecule has 0 aliphatic carbocycles. The molecule has 0 unspecified atom stereocenters. The maximum Gasteiger partial charge on any atom is 0.262 e. The molecule has 4 heteroatoms. The van der Waals surface area contributed by atoms with Crippen LogP contribution in [0.3, 0.4) is 0 Å². The lowest BCUT2D eigenvalue weighted by Crippen LogP contribution is -2.40. The van der Waals surface area contributed by atoms with Gasteiger partial charge in [-0.05, 0) is 36.2 Å². The van der Waals surface area contributed by atoms with E-state index in [1.165, 1.54) is 5.56 Å². The predicted octanol–water partition coefficient (Wildman–Crippen LogP) is 3.60. The molecule has 4 rings (SSSR count). The standard InChI is InChI=1S/C22H20N2O2/c1-15-9-11-16(12-10-15)21(18-7-4-5-13-23-18)24-22(25)20-14-17-6-2-3-8-19(17)26-20/h2-13,20-21H,14H2,1H3,(H,24,25)/t20-,21+/m1/s1. The zero-order chi connectivity index (χ0) is 17.9. The Kier molecular flexibility index (Phi) is 4.40. The molecule has 2 atom stereocenters. The van der Waals surface area contributed by atoms with Crippen LogP contribution in [-0.4, -0.2) is 17.0 Å². The van der Waals surface area contributed by atoms with E-state index in [0.717, 1.165) is 22.6 Å². The van der Waals surface area contributed by atoms with Gasteiger partial charge in [0.25, 0.3) is 5.91 Å². The van der Waals surface area contributed by atoms with Gasteiger partial charge in [0.15, 0.2) is 6.10 Å². The van der Waals surface area contributed by atoms with E-state index in [2.05, 4.69) is 10.3 Å². The monoisotopic (exact) mass is 344 g/mol. The third-order valence-electron chi connectivity index (χ3n) is 4.62. The van der Waals surface area contributed by atoms with Crippen LogP contribution in [0.2, 0.25) is 0 Å². The van der Waals surface area contributed by atoms with Crippen molar-refractivity contribution in [1.82, 2.24) is 10.3 Å². The Morgan fingerprint density at radius 2 is 1.85 bits per heavy atom. The van der Waals surface area contributed by atoms with E-state index >= 15 is 0 Å². The van der Waals surface area contributed by atoms with Gasteiger partial charge in [0, 0.05) is 12.6 Å². The number of benzene rings is 2. The summed E-state index contributed by atoms with van der Waals surface area (Å²) in [5.41, 5.74) is 4.05. The van der Waals surface area contributed by atoms with Crippen LogP contribution < -0.4 is 10.1 Å². The quantitative estimate of drug-likeness (QED) is 0.787. The number of fused-ring (bicyclic) bond motifs is 1. The van der Waals surface area contributed by atoms with Crippen LogP contribution in [0.1, 0.15) is 28.4 Å². The fourth-order valence-electron chi connectivity index (χ4n) is 3.20. The maximum absolute atomic E-state index is 12.9. The zero-order valence-electron chi connectivity index (χ0n) is 14.6. The van der Waals surface area contributed by atoms with Crippen molar-refractivity contribution in [3.63, 3.8) is 0 Å². The molecule has 0 saturated carbocycles. The Hall–Kier alpha value is -3.14. The van der Waals surface area contributed by atoms with Crippen molar-refractivity contribution in [3.05, 3.63) is 95.3 Å². The summed E-state index contributed by atoms with van der Waals surface area (Å²) in [6.07, 6.45) is 1.82. The number of hydrogen-bond donors (Lipinski definition) is 1. The Morgan fingerprint density at radius 3 is 2.58 bits per heavy atom. The lowest BCUT2D eigenvalue weighted by atomic mass is 10.0. The lowest BCUT2D eigenvalue weighted by molar-refractivity contribution is -0.127. The van der Waals surface area contributed by atoms with Crippen LogP contribution in [0.25, 0.3) is 0 Å². The number of para-hydroxylation sites is 1. The van der Waals surface area contributed by atoms with Gasteiger partial charge in [-0.1, -0.05) is 54.1 Å². The van der Waals surface area contributed by atoms with E-state index in [-0.39, 0.29) is 11.9 Å². The fourth-order valence-corrected chi connectivity index (χ4v) is 3.20. The number of aromatic nitrogens is 1. The molecule has 2 heterocycles. The van der Waals surface area contributed by atoms with E-state index in [1.54, 1.807) is 6.20 Å². The number of hydrogen-bond acceptors (Lipinski definition) is 3. The van der Waals surface area contributed by atoms with Crippen molar-refractivity contribution in [2.45, 2.75) is 25.5 Å². The van der Waals surface area contributed by atoms with Gasteiger partial charge in [-0.3, -0.25) is 9.78 Å². The first-order chi connectivity index (χ1) is 12.7. The molecule has 1 amide bonds. The van der Waals surface area contributed by atoms with Crippen LogP contribution in [-0.2, 0) is 11.2 Å². The molecule has 1 aliphatic rings. The molecule has 2 aromatic carbocycles. The minimum Gasteiger partial charge on any atom is -0.480 e. The molecule has 130 valence electrons. The molecule has 3 aromatic rings. The number of pyridine rings is 1. The first-order valence-electron chi connectivity index (χ1n) is 8.73. The summed E-state index contributed by atoms with van der Waals surface area (Å²) >= 11 is 0. The molecule has 0 saturated heterocycles. The van der Waals surface area contributed by atoms with Crippen molar-refractivity contribution < 1.29 is 9.53 Å². The van der Waals surface area contributed by atoms with E-state index in [1.807, 2.05) is 73.7 Å². The van der Waals surface area contributed by atoms with Crippen LogP contribution in [0.15, 0.2) is 72.9 Å². The number of rotatable bonds is 4. The third kappa shape index (κ3) is 3.31. The Morgan fingerprint density at radius 1 is 1.08 bits per heavy atom. The number of carbonyl (C=O) groups excluding carboxylic acids is 1. The van der Waals surface area contributed by atoms with Gasteiger partial charge in [0.05, 0.1) is 11.7 Å². The van der Waals surface area contributed by atoms with Crippen molar-refractivity contribution in [1.29, 1.82) is 0 Å². The first-order valence-corrected chi connectivity index (χ1v) is 8.73. The maximum atomic E-state index is 12.9. The zero-order valence-corrected chi connectivity index (χ0v) is 14.6. The highest BCUT2D eigenvalue weighted by atomic mass is 16.5. The lowest BCUT2D eigenvalue weighted by Gasteiger charge is -2.21. The van der Waals surface area contributed by atoms with E-state index in [4.69, 9.17) is 4.74 Å². The smallest absolute Gasteiger partial charge is 0.262 e. The number of carbonyl (C=O) groups is 1. The van der Waals surface area contributed by atoms with Crippen molar-refractivity contribution in [2.24, 2.45) is 0 Å². The van der Waals surface area contributed by atoms with Crippen molar-refractivity contribution in [3.8, 4) is 5.75 Å². The molecule has 0 radical (unpaired) electrons. The molecule has 0 bridgehead atoms. The Bertz CT molecular complexity index is 882. The average Bonchev–Trinajstić information content (AvgIpc) is 3.12. The second kappa shape index (κ2) is 7.00. The number of ether oxygens (including phenoxy) is 1. The summed E-state index contributed by atoms with van der Waals surface area (Å²) in [4.78, 5) is 17.3. The molecular weight excluding hydrogens is 324 g/mol. The Labute approximate surface area is 152 Å². The van der Waals surface area contributed by atoms with E-state index < -0.39 is 6.10 Å². The third-order valence-corrected chi connectivity index (χ3v) is 4.62. The van der Waals surface area contributed by atoms with Gasteiger partial charge in [0.2, 0.25) is 0 Å². The summed E-state index contributed by atoms with van der Waals surface area (Å²) in [5, 5.41) is 3.12. The van der Waals surface area contributed by atoms with Gasteiger partial charge >= 0.3 is 0 Å². The number of nitrogens with one attached hydrogen (secondary N) is 1. The molecule has 0 spiro atoms. The second-order valence-corrected chi connectivity index (χ2v) is 6.53. The second-order valence-electron chi connectivity index (χ2n) is 6.53. The van der Waals surface area contributed by atoms with Crippen LogP contribution in [0.4, 0.5) is 0 Å². The predicted molar refractivity (Wildman–Crippen MR) is 100.0 cm³/mol. The molecule has 1 N–H and O–H groups in total. The highest BCUT2D eigenvalue weighted by molar-refractivity contribution is 5.83. The van der Waals surface area contributed by atoms with Crippen LogP contribution >= 0.6 is 0 Å². The topological polar surface area (TPSA) is 51.2 Å². The normalized spacial score (nSPS) is 16.4. The van der Waals surface area contributed by atoms with E-state index in [9.17, 15) is 4.79 Å². The number of aryl methyl sites for hydroxylation is 1. The molecule has 0 fully saturated rings. The summed E-state index contributed by atoms with van der Waals surface area (Å²) in [5.74, 6) is 0.662. The minimum atomic E-state index is -0.510. The van der Waals surface area contributed by atoms with Crippen LogP contribution in [0, 0.1) is 6.92 Å². The summed E-state index contributed by atoms with van der Waals surface area (Å²) in [6.45, 7) is 2.04. The molecule has 26 heavy (non-hydrogen) atoms. The van der Waals surface area contributed by atoms with E-state index in [0.29, 0.717) is 6.42 Å². The number of amides is 1. The van der Waals surface area contributed by atoms with Gasteiger partial charge in [-0.2, -0.15) is 0 Å². The molecular formula is C22H20N2O2. The van der Waals surface area contributed by atoms with Crippen LogP contribution in [0.5, 0.6) is 5.75 Å². The van der Waals surface area contributed by atoms with Crippen molar-refractivity contribution in [2.75, 3.05) is 0 Å². The molecule has 1 aliphatic heterocycles. The highest BCUT2D eigenvalue weighted by Crippen LogP contribution is 2.29. The SMILES string of the molecule is Cc1ccc([C@H](NC(=O)[C@H]2Cc3ccccc3O2)c2ccccn2)cc1. The average molecular weight is 344 g/mol. The largest absolute Gasteiger partial charge is 0.480 e. The van der Waals surface area contributed by atoms with Gasteiger partial charge < -0.3 is 10.1 Å². The van der Waals surface area contributed by atoms with Gasteiger partial charge in [-0.15, -0.1) is 0 Å². The molecule has 4 nitrogen and oxygen atoms in total. The van der Waals surface area contributed by atoms with Gasteiger partial charge in [0.1, 0.15) is 5.75 Å².